The Kier molecular flexibility index (Phi) is 2.75. The summed E-state index contributed by atoms with van der Waals surface area (Å²) in [5, 5.41) is 2.96. The van der Waals surface area contributed by atoms with Gasteiger partial charge in [-0.1, -0.05) is 24.6 Å². The van der Waals surface area contributed by atoms with E-state index >= 15 is 0 Å². The Balaban J connectivity index is 1.61. The fraction of sp³-hybridized carbons (Fsp3) is 0.500. The van der Waals surface area contributed by atoms with Crippen LogP contribution in [0.4, 0.5) is 10.5 Å². The third-order valence-corrected chi connectivity index (χ3v) is 4.04. The van der Waals surface area contributed by atoms with Gasteiger partial charge in [-0.25, -0.2) is 4.79 Å². The van der Waals surface area contributed by atoms with E-state index in [0.29, 0.717) is 0 Å². The fourth-order valence-corrected chi connectivity index (χ4v) is 3.12. The van der Waals surface area contributed by atoms with Crippen LogP contribution in [0.25, 0.3) is 0 Å². The van der Waals surface area contributed by atoms with Gasteiger partial charge in [0.25, 0.3) is 0 Å². The lowest BCUT2D eigenvalue weighted by atomic mass is 10.0. The molecule has 0 radical (unpaired) electrons. The number of hydrogen-bond acceptors (Lipinski definition) is 1. The molecule has 3 heteroatoms. The van der Waals surface area contributed by atoms with E-state index in [1.165, 1.54) is 19.3 Å². The second kappa shape index (κ2) is 4.40. The molecule has 1 saturated heterocycles. The molecule has 2 fully saturated rings. The van der Waals surface area contributed by atoms with E-state index in [1.54, 1.807) is 0 Å². The molecule has 90 valence electrons. The number of benzene rings is 1. The van der Waals surface area contributed by atoms with Crippen LogP contribution in [0.15, 0.2) is 30.3 Å². The van der Waals surface area contributed by atoms with E-state index in [4.69, 9.17) is 0 Å². The van der Waals surface area contributed by atoms with Crippen LogP contribution in [0.2, 0.25) is 0 Å². The molecule has 1 aliphatic carbocycles. The zero-order valence-electron chi connectivity index (χ0n) is 9.93. The van der Waals surface area contributed by atoms with Gasteiger partial charge in [0.2, 0.25) is 0 Å². The highest BCUT2D eigenvalue weighted by molar-refractivity contribution is 5.89. The Morgan fingerprint density at radius 2 is 1.76 bits per heavy atom. The maximum atomic E-state index is 12.1. The number of amides is 2. The van der Waals surface area contributed by atoms with E-state index in [2.05, 4.69) is 5.32 Å². The van der Waals surface area contributed by atoms with E-state index in [9.17, 15) is 4.79 Å². The molecular formula is C14H18N2O. The molecule has 1 aromatic rings. The summed E-state index contributed by atoms with van der Waals surface area (Å²) in [4.78, 5) is 14.0. The third-order valence-electron chi connectivity index (χ3n) is 4.04. The predicted molar refractivity (Wildman–Crippen MR) is 67.9 cm³/mol. The van der Waals surface area contributed by atoms with E-state index in [1.807, 2.05) is 35.2 Å². The molecular weight excluding hydrogens is 212 g/mol. The molecule has 3 rings (SSSR count). The average molecular weight is 230 g/mol. The number of para-hydroxylation sites is 1. The largest absolute Gasteiger partial charge is 0.324 e. The average Bonchev–Trinajstić information content (AvgIpc) is 2.90. The van der Waals surface area contributed by atoms with Crippen molar-refractivity contribution in [1.29, 1.82) is 0 Å². The van der Waals surface area contributed by atoms with Crippen LogP contribution in [0.1, 0.15) is 19.3 Å². The van der Waals surface area contributed by atoms with Crippen molar-refractivity contribution in [3.8, 4) is 0 Å². The van der Waals surface area contributed by atoms with Crippen LogP contribution in [-0.4, -0.2) is 24.0 Å². The fourth-order valence-electron chi connectivity index (χ4n) is 3.12. The van der Waals surface area contributed by atoms with Crippen LogP contribution < -0.4 is 5.32 Å². The second-order valence-electron chi connectivity index (χ2n) is 5.15. The number of nitrogens with one attached hydrogen (secondary N) is 1. The Bertz CT molecular complexity index is 392. The summed E-state index contributed by atoms with van der Waals surface area (Å²) in [6.07, 6.45) is 3.96. The Hall–Kier alpha value is -1.51. The summed E-state index contributed by atoms with van der Waals surface area (Å²) in [5.74, 6) is 1.52. The molecule has 2 unspecified atom stereocenters. The first-order valence-corrected chi connectivity index (χ1v) is 6.44. The van der Waals surface area contributed by atoms with Crippen molar-refractivity contribution in [1.82, 2.24) is 4.90 Å². The topological polar surface area (TPSA) is 32.3 Å². The number of fused-ring (bicyclic) bond motifs is 1. The molecule has 1 heterocycles. The lowest BCUT2D eigenvalue weighted by Gasteiger charge is -2.18. The molecule has 1 aromatic carbocycles. The number of carbonyl (C=O) groups excluding carboxylic acids is 1. The highest BCUT2D eigenvalue weighted by Gasteiger charge is 2.37. The Morgan fingerprint density at radius 1 is 1.12 bits per heavy atom. The van der Waals surface area contributed by atoms with E-state index in [-0.39, 0.29) is 6.03 Å². The molecule has 17 heavy (non-hydrogen) atoms. The summed E-state index contributed by atoms with van der Waals surface area (Å²) in [6.45, 7) is 1.90. The van der Waals surface area contributed by atoms with E-state index in [0.717, 1.165) is 30.6 Å². The first kappa shape index (κ1) is 10.6. The van der Waals surface area contributed by atoms with Gasteiger partial charge in [0, 0.05) is 18.8 Å². The minimum absolute atomic E-state index is 0.0607. The first-order valence-electron chi connectivity index (χ1n) is 6.44. The summed E-state index contributed by atoms with van der Waals surface area (Å²) in [5.41, 5.74) is 0.884. The summed E-state index contributed by atoms with van der Waals surface area (Å²) in [6, 6.07) is 9.74. The zero-order valence-corrected chi connectivity index (χ0v) is 9.93. The van der Waals surface area contributed by atoms with Crippen LogP contribution in [0, 0.1) is 11.8 Å². The van der Waals surface area contributed by atoms with Gasteiger partial charge in [0.1, 0.15) is 0 Å². The SMILES string of the molecule is O=C(Nc1ccccc1)N1CC2CCCC2C1. The number of rotatable bonds is 1. The van der Waals surface area contributed by atoms with Crippen LogP contribution in [0.3, 0.4) is 0 Å². The van der Waals surface area contributed by atoms with Crippen molar-refractivity contribution in [2.45, 2.75) is 19.3 Å². The van der Waals surface area contributed by atoms with Crippen molar-refractivity contribution >= 4 is 11.7 Å². The summed E-state index contributed by atoms with van der Waals surface area (Å²) < 4.78 is 0. The Labute approximate surface area is 102 Å². The predicted octanol–water partition coefficient (Wildman–Crippen LogP) is 2.95. The number of hydrogen-bond donors (Lipinski definition) is 1. The molecule has 2 aliphatic rings. The lowest BCUT2D eigenvalue weighted by molar-refractivity contribution is 0.219. The van der Waals surface area contributed by atoms with Crippen LogP contribution in [0.5, 0.6) is 0 Å². The summed E-state index contributed by atoms with van der Waals surface area (Å²) in [7, 11) is 0. The van der Waals surface area contributed by atoms with Crippen molar-refractivity contribution in [3.05, 3.63) is 30.3 Å². The van der Waals surface area contributed by atoms with Gasteiger partial charge >= 0.3 is 6.03 Å². The standard InChI is InChI=1S/C14H18N2O/c17-14(15-13-7-2-1-3-8-13)16-9-11-5-4-6-12(11)10-16/h1-3,7-8,11-12H,4-6,9-10H2,(H,15,17). The molecule has 1 saturated carbocycles. The summed E-state index contributed by atoms with van der Waals surface area (Å²) >= 11 is 0. The Morgan fingerprint density at radius 3 is 2.41 bits per heavy atom. The molecule has 1 N–H and O–H groups in total. The van der Waals surface area contributed by atoms with Crippen LogP contribution >= 0.6 is 0 Å². The van der Waals surface area contributed by atoms with Gasteiger partial charge in [-0.2, -0.15) is 0 Å². The minimum Gasteiger partial charge on any atom is -0.324 e. The monoisotopic (exact) mass is 230 g/mol. The van der Waals surface area contributed by atoms with Gasteiger partial charge in [0.15, 0.2) is 0 Å². The van der Waals surface area contributed by atoms with Crippen molar-refractivity contribution in [3.63, 3.8) is 0 Å². The first-order chi connectivity index (χ1) is 8.33. The number of nitrogens with zero attached hydrogens (tertiary/aromatic N) is 1. The van der Waals surface area contributed by atoms with Gasteiger partial charge in [-0.3, -0.25) is 0 Å². The van der Waals surface area contributed by atoms with Crippen molar-refractivity contribution in [2.24, 2.45) is 11.8 Å². The lowest BCUT2D eigenvalue weighted by Crippen LogP contribution is -2.33. The number of carbonyl (C=O) groups is 1. The molecule has 1 aliphatic heterocycles. The van der Waals surface area contributed by atoms with Crippen LogP contribution in [-0.2, 0) is 0 Å². The maximum absolute atomic E-state index is 12.1. The van der Waals surface area contributed by atoms with E-state index < -0.39 is 0 Å². The van der Waals surface area contributed by atoms with Gasteiger partial charge in [-0.15, -0.1) is 0 Å². The smallest absolute Gasteiger partial charge is 0.321 e. The van der Waals surface area contributed by atoms with Crippen molar-refractivity contribution < 1.29 is 4.79 Å². The highest BCUT2D eigenvalue weighted by atomic mass is 16.2. The number of urea groups is 1. The second-order valence-corrected chi connectivity index (χ2v) is 5.15. The highest BCUT2D eigenvalue weighted by Crippen LogP contribution is 2.37. The number of anilines is 1. The molecule has 0 bridgehead atoms. The quantitative estimate of drug-likeness (QED) is 0.790. The number of likely N-dealkylation sites (tertiary alicyclic amines) is 1. The normalized spacial score (nSPS) is 26.9. The molecule has 3 nitrogen and oxygen atoms in total. The third kappa shape index (κ3) is 2.14. The maximum Gasteiger partial charge on any atom is 0.321 e. The molecule has 0 spiro atoms. The van der Waals surface area contributed by atoms with Crippen molar-refractivity contribution in [2.75, 3.05) is 18.4 Å². The van der Waals surface area contributed by atoms with Gasteiger partial charge < -0.3 is 10.2 Å². The van der Waals surface area contributed by atoms with Gasteiger partial charge in [0.05, 0.1) is 0 Å². The van der Waals surface area contributed by atoms with Gasteiger partial charge in [-0.05, 0) is 36.8 Å². The molecule has 2 atom stereocenters. The zero-order chi connectivity index (χ0) is 11.7. The molecule has 2 amide bonds. The minimum atomic E-state index is 0.0607. The molecule has 0 aromatic heterocycles.